The molecule has 0 aliphatic carbocycles. The maximum absolute atomic E-state index is 5.18. The summed E-state index contributed by atoms with van der Waals surface area (Å²) in [5.74, 6) is 0. The Bertz CT molecular complexity index is 2060. The monoisotopic (exact) mass is 566 g/mol. The van der Waals surface area contributed by atoms with Crippen LogP contribution in [-0.4, -0.2) is 22.8 Å². The fraction of sp³-hybridized carbons (Fsp3) is 0. The van der Waals surface area contributed by atoms with E-state index in [0.717, 1.165) is 79.5 Å². The van der Waals surface area contributed by atoms with Gasteiger partial charge in [0.05, 0.1) is 57.0 Å². The number of fused-ring (bicyclic) bond motifs is 4. The van der Waals surface area contributed by atoms with E-state index in [1.807, 2.05) is 127 Å². The smallest absolute Gasteiger partial charge is 0.0973 e. The van der Waals surface area contributed by atoms with Crippen molar-refractivity contribution in [1.82, 2.24) is 0 Å². The van der Waals surface area contributed by atoms with Crippen molar-refractivity contribution in [3.8, 4) is 0 Å². The van der Waals surface area contributed by atoms with Gasteiger partial charge in [-0.3, -0.25) is 0 Å². The van der Waals surface area contributed by atoms with Crippen molar-refractivity contribution in [2.24, 2.45) is 20.0 Å². The van der Waals surface area contributed by atoms with Crippen molar-refractivity contribution in [3.63, 3.8) is 0 Å². The lowest BCUT2D eigenvalue weighted by molar-refractivity contribution is 1.33. The predicted molar refractivity (Wildman–Crippen MR) is 182 cm³/mol. The molecule has 0 saturated heterocycles. The molecule has 3 aromatic rings. The van der Waals surface area contributed by atoms with Crippen molar-refractivity contribution in [2.75, 3.05) is 10.6 Å². The third-order valence-corrected chi connectivity index (χ3v) is 7.54. The van der Waals surface area contributed by atoms with Gasteiger partial charge in [-0.25, -0.2) is 20.0 Å². The molecule has 6 nitrogen and oxygen atoms in total. The summed E-state index contributed by atoms with van der Waals surface area (Å²) in [6.45, 7) is 0. The van der Waals surface area contributed by atoms with Crippen LogP contribution < -0.4 is 10.6 Å². The Morgan fingerprint density at radius 1 is 0.432 bits per heavy atom. The second-order valence-electron chi connectivity index (χ2n) is 10.6. The minimum atomic E-state index is 0.799. The number of hydrogen-bond acceptors (Lipinski definition) is 6. The quantitative estimate of drug-likeness (QED) is 0.329. The number of nitrogens with one attached hydrogen (secondary N) is 2. The predicted octanol–water partition coefficient (Wildman–Crippen LogP) is 7.99. The molecule has 8 rings (SSSR count). The lowest BCUT2D eigenvalue weighted by Crippen LogP contribution is -2.14. The minimum absolute atomic E-state index is 0.799. The van der Waals surface area contributed by atoms with Crippen LogP contribution in [0.3, 0.4) is 0 Å². The summed E-state index contributed by atoms with van der Waals surface area (Å²) in [6, 6.07) is 30.5. The van der Waals surface area contributed by atoms with E-state index < -0.39 is 0 Å². The molecule has 208 valence electrons. The number of rotatable bonds is 5. The molecule has 5 aliphatic rings. The Labute approximate surface area is 255 Å². The van der Waals surface area contributed by atoms with Crippen LogP contribution in [0, 0.1) is 0 Å². The SMILES string of the molecule is C1=CC2=NC1=CC1=NC(=C(Nc3ccccc3)C3=NC(=CC4=NC(=C2Nc2ccccc2)C=C4)C=C3c2ccccc2)C=C1. The van der Waals surface area contributed by atoms with Gasteiger partial charge in [0.2, 0.25) is 0 Å². The fourth-order valence-electron chi connectivity index (χ4n) is 5.47. The van der Waals surface area contributed by atoms with Crippen molar-refractivity contribution in [2.45, 2.75) is 0 Å². The standard InChI is InChI=1S/C38H26N6/c1-4-10-25(11-5-1)32-24-31-23-30-17-20-34(40-30)37(42-26-12-6-2-7-13-26)33-19-16-28(39-33)22-29-18-21-35(41-29)38(36(32)44-31)43-27-14-8-3-9-15-27/h1-24,42-43H. The number of nitrogens with zero attached hydrogens (tertiary/aromatic N) is 4. The molecule has 5 heterocycles. The normalized spacial score (nSPS) is 18.0. The van der Waals surface area contributed by atoms with Gasteiger partial charge in [-0.05, 0) is 84.5 Å². The number of anilines is 2. The van der Waals surface area contributed by atoms with Crippen LogP contribution in [0.1, 0.15) is 5.56 Å². The molecule has 44 heavy (non-hydrogen) atoms. The van der Waals surface area contributed by atoms with E-state index >= 15 is 0 Å². The van der Waals surface area contributed by atoms with Crippen LogP contribution in [-0.2, 0) is 0 Å². The van der Waals surface area contributed by atoms with Gasteiger partial charge in [0.25, 0.3) is 0 Å². The van der Waals surface area contributed by atoms with Crippen LogP contribution in [0.25, 0.3) is 5.57 Å². The van der Waals surface area contributed by atoms with Crippen LogP contribution in [0.2, 0.25) is 0 Å². The first kappa shape index (κ1) is 25.6. The highest BCUT2D eigenvalue weighted by atomic mass is 15.0. The highest BCUT2D eigenvalue weighted by Crippen LogP contribution is 2.33. The second-order valence-corrected chi connectivity index (χ2v) is 10.6. The van der Waals surface area contributed by atoms with E-state index in [1.54, 1.807) is 0 Å². The maximum atomic E-state index is 5.18. The summed E-state index contributed by atoms with van der Waals surface area (Å²) < 4.78 is 0. The zero-order valence-corrected chi connectivity index (χ0v) is 23.6. The lowest BCUT2D eigenvalue weighted by Gasteiger charge is -2.15. The first-order valence-electron chi connectivity index (χ1n) is 14.5. The fourth-order valence-corrected chi connectivity index (χ4v) is 5.47. The summed E-state index contributed by atoms with van der Waals surface area (Å²) in [7, 11) is 0. The van der Waals surface area contributed by atoms with Crippen LogP contribution in [0.5, 0.6) is 0 Å². The zero-order valence-electron chi connectivity index (χ0n) is 23.6. The molecule has 0 aromatic heterocycles. The first-order chi connectivity index (χ1) is 21.7. The van der Waals surface area contributed by atoms with E-state index in [-0.39, 0.29) is 0 Å². The lowest BCUT2D eigenvalue weighted by atomic mass is 9.98. The Morgan fingerprint density at radius 2 is 1.00 bits per heavy atom. The molecule has 8 bridgehead atoms. The van der Waals surface area contributed by atoms with E-state index in [9.17, 15) is 0 Å². The number of aliphatic imine (C=N–C) groups is 4. The van der Waals surface area contributed by atoms with Crippen molar-refractivity contribution >= 4 is 39.8 Å². The number of para-hydroxylation sites is 2. The Kier molecular flexibility index (Phi) is 6.35. The molecule has 5 aliphatic heterocycles. The van der Waals surface area contributed by atoms with E-state index in [2.05, 4.69) is 28.8 Å². The highest BCUT2D eigenvalue weighted by Gasteiger charge is 2.25. The van der Waals surface area contributed by atoms with E-state index in [0.29, 0.717) is 0 Å². The molecule has 0 amide bonds. The van der Waals surface area contributed by atoms with Gasteiger partial charge >= 0.3 is 0 Å². The van der Waals surface area contributed by atoms with Gasteiger partial charge in [0, 0.05) is 16.9 Å². The second kappa shape index (κ2) is 10.9. The van der Waals surface area contributed by atoms with E-state index in [4.69, 9.17) is 20.0 Å². The summed E-state index contributed by atoms with van der Waals surface area (Å²) >= 11 is 0. The third-order valence-electron chi connectivity index (χ3n) is 7.54. The number of hydrogen-bond donors (Lipinski definition) is 2. The molecule has 6 heteroatoms. The maximum Gasteiger partial charge on any atom is 0.0973 e. The molecule has 0 unspecified atom stereocenters. The van der Waals surface area contributed by atoms with Crippen LogP contribution in [0.4, 0.5) is 11.4 Å². The minimum Gasteiger partial charge on any atom is -0.352 e. The van der Waals surface area contributed by atoms with E-state index in [1.165, 1.54) is 0 Å². The van der Waals surface area contributed by atoms with Gasteiger partial charge in [-0.15, -0.1) is 0 Å². The molecular weight excluding hydrogens is 540 g/mol. The van der Waals surface area contributed by atoms with Crippen LogP contribution >= 0.6 is 0 Å². The number of allylic oxidation sites excluding steroid dienone is 10. The molecule has 0 fully saturated rings. The molecule has 0 atom stereocenters. The summed E-state index contributed by atoms with van der Waals surface area (Å²) in [5, 5.41) is 7.19. The van der Waals surface area contributed by atoms with Gasteiger partial charge in [0.15, 0.2) is 0 Å². The largest absolute Gasteiger partial charge is 0.352 e. The molecule has 0 saturated carbocycles. The van der Waals surface area contributed by atoms with Gasteiger partial charge in [0.1, 0.15) is 0 Å². The average molecular weight is 567 g/mol. The molecular formula is C38H26N6. The zero-order chi connectivity index (χ0) is 29.3. The van der Waals surface area contributed by atoms with Gasteiger partial charge in [-0.2, -0.15) is 0 Å². The summed E-state index contributed by atoms with van der Waals surface area (Å²) in [5.41, 5.74) is 12.2. The van der Waals surface area contributed by atoms with Crippen molar-refractivity contribution in [3.05, 3.63) is 185 Å². The molecule has 0 spiro atoms. The molecule has 0 radical (unpaired) electrons. The molecule has 3 aromatic carbocycles. The topological polar surface area (TPSA) is 73.5 Å². The van der Waals surface area contributed by atoms with Crippen LogP contribution in [0.15, 0.2) is 200 Å². The summed E-state index contributed by atoms with van der Waals surface area (Å²) in [6.07, 6.45) is 18.3. The molecule has 2 N–H and O–H groups in total. The Hall–Kier alpha value is -6.14. The Balaban J connectivity index is 1.32. The van der Waals surface area contributed by atoms with Crippen molar-refractivity contribution in [1.29, 1.82) is 0 Å². The van der Waals surface area contributed by atoms with Crippen molar-refractivity contribution < 1.29 is 0 Å². The number of benzene rings is 3. The average Bonchev–Trinajstić information content (AvgIpc) is 3.89. The first-order valence-corrected chi connectivity index (χ1v) is 14.5. The Morgan fingerprint density at radius 3 is 1.66 bits per heavy atom. The van der Waals surface area contributed by atoms with Gasteiger partial charge < -0.3 is 10.6 Å². The van der Waals surface area contributed by atoms with Gasteiger partial charge in [-0.1, -0.05) is 66.7 Å². The summed E-state index contributed by atoms with van der Waals surface area (Å²) in [4.78, 5) is 20.2. The third kappa shape index (κ3) is 5.05. The highest BCUT2D eigenvalue weighted by molar-refractivity contribution is 6.35.